The molecule has 0 radical (unpaired) electrons. The number of nitrogens with zero attached hydrogens (tertiary/aromatic N) is 5. The molecular formula is C20H24ClN7O2. The van der Waals surface area contributed by atoms with Crippen LogP contribution in [0.3, 0.4) is 0 Å². The van der Waals surface area contributed by atoms with Crippen molar-refractivity contribution in [3.05, 3.63) is 27.6 Å². The second-order valence-corrected chi connectivity index (χ2v) is 8.51. The van der Waals surface area contributed by atoms with Crippen molar-refractivity contribution in [1.29, 1.82) is 0 Å². The van der Waals surface area contributed by atoms with Crippen molar-refractivity contribution in [2.24, 2.45) is 12.5 Å². The summed E-state index contributed by atoms with van der Waals surface area (Å²) >= 11 is 6.48. The smallest absolute Gasteiger partial charge is 0.266 e. The third-order valence-electron chi connectivity index (χ3n) is 6.46. The molecule has 0 aromatic carbocycles. The lowest BCUT2D eigenvalue weighted by atomic mass is 9.78. The summed E-state index contributed by atoms with van der Waals surface area (Å²) in [5.41, 5.74) is 1.75. The Morgan fingerprint density at radius 1 is 1.30 bits per heavy atom. The lowest BCUT2D eigenvalue weighted by molar-refractivity contribution is 0.133. The molecule has 0 bridgehead atoms. The Hall–Kier alpha value is -2.65. The van der Waals surface area contributed by atoms with Crippen molar-refractivity contribution in [2.75, 3.05) is 43.6 Å². The third kappa shape index (κ3) is 2.95. The molecule has 10 heteroatoms. The van der Waals surface area contributed by atoms with Crippen molar-refractivity contribution in [3.8, 4) is 11.3 Å². The van der Waals surface area contributed by atoms with Gasteiger partial charge in [0.15, 0.2) is 5.65 Å². The van der Waals surface area contributed by atoms with E-state index in [0.29, 0.717) is 44.5 Å². The number of fused-ring (bicyclic) bond motifs is 1. The number of piperidine rings is 1. The number of hydrogen-bond donors (Lipinski definition) is 2. The van der Waals surface area contributed by atoms with E-state index in [1.807, 2.05) is 0 Å². The molecule has 3 aromatic heterocycles. The quantitative estimate of drug-likeness (QED) is 0.659. The minimum atomic E-state index is -0.151. The highest BCUT2D eigenvalue weighted by molar-refractivity contribution is 6.35. The van der Waals surface area contributed by atoms with Gasteiger partial charge in [0.05, 0.1) is 17.3 Å². The Kier molecular flexibility index (Phi) is 4.67. The number of H-pyrrole nitrogens is 1. The number of rotatable bonds is 3. The second-order valence-electron chi connectivity index (χ2n) is 8.13. The molecular weight excluding hydrogens is 406 g/mol. The number of halogens is 1. The fourth-order valence-electron chi connectivity index (χ4n) is 4.56. The van der Waals surface area contributed by atoms with Gasteiger partial charge in [0.25, 0.3) is 5.56 Å². The number of nitrogens with one attached hydrogen (secondary N) is 2. The average Bonchev–Trinajstić information content (AvgIpc) is 3.39. The summed E-state index contributed by atoms with van der Waals surface area (Å²) in [6.45, 7) is 3.41. The van der Waals surface area contributed by atoms with Crippen molar-refractivity contribution in [3.63, 3.8) is 0 Å². The first kappa shape index (κ1) is 19.3. The zero-order valence-corrected chi connectivity index (χ0v) is 17.8. The largest absolute Gasteiger partial charge is 0.381 e. The Morgan fingerprint density at radius 3 is 2.80 bits per heavy atom. The van der Waals surface area contributed by atoms with Crippen LogP contribution < -0.4 is 15.8 Å². The number of pyridine rings is 1. The molecule has 3 aromatic rings. The fraction of sp³-hybridized carbons (Fsp3) is 0.500. The molecule has 0 atom stereocenters. The van der Waals surface area contributed by atoms with E-state index in [0.717, 1.165) is 45.6 Å². The fourth-order valence-corrected chi connectivity index (χ4v) is 4.86. The first-order chi connectivity index (χ1) is 14.5. The summed E-state index contributed by atoms with van der Waals surface area (Å²) in [5, 5.41) is 11.1. The van der Waals surface area contributed by atoms with E-state index in [9.17, 15) is 4.79 Å². The molecule has 0 saturated carbocycles. The minimum absolute atomic E-state index is 0.151. The van der Waals surface area contributed by atoms with E-state index in [4.69, 9.17) is 21.3 Å². The summed E-state index contributed by atoms with van der Waals surface area (Å²) in [4.78, 5) is 24.4. The molecule has 0 unspecified atom stereocenters. The zero-order valence-electron chi connectivity index (χ0n) is 17.0. The molecule has 2 aliphatic rings. The number of hydrogen-bond acceptors (Lipinski definition) is 7. The normalized spacial score (nSPS) is 18.4. The monoisotopic (exact) mass is 429 g/mol. The Balaban J connectivity index is 1.54. The van der Waals surface area contributed by atoms with Crippen LogP contribution in [-0.4, -0.2) is 58.1 Å². The first-order valence-corrected chi connectivity index (χ1v) is 10.5. The Morgan fingerprint density at radius 2 is 2.10 bits per heavy atom. The molecule has 5 rings (SSSR count). The molecule has 0 aliphatic carbocycles. The van der Waals surface area contributed by atoms with Gasteiger partial charge in [-0.1, -0.05) is 11.6 Å². The molecule has 158 valence electrons. The summed E-state index contributed by atoms with van der Waals surface area (Å²) in [6, 6.07) is 1.76. The topological polar surface area (TPSA) is 101 Å². The van der Waals surface area contributed by atoms with Crippen LogP contribution in [0.15, 0.2) is 17.1 Å². The van der Waals surface area contributed by atoms with E-state index in [2.05, 4.69) is 25.4 Å². The molecule has 5 heterocycles. The van der Waals surface area contributed by atoms with Crippen LogP contribution in [0.25, 0.3) is 22.3 Å². The van der Waals surface area contributed by atoms with Gasteiger partial charge in [-0.25, -0.2) is 4.98 Å². The van der Waals surface area contributed by atoms with Crippen LogP contribution in [0.1, 0.15) is 19.3 Å². The third-order valence-corrected chi connectivity index (χ3v) is 6.84. The molecule has 1 spiro atoms. The SMILES string of the molecule is CNc1nccc(-c2[nH]nc3nc(N4CCC5(CCOC5)CC4)n(C)c(=O)c23)c1Cl. The highest BCUT2D eigenvalue weighted by atomic mass is 35.5. The average molecular weight is 430 g/mol. The molecule has 2 N–H and O–H groups in total. The standard InChI is InChI=1S/C20H24ClN7O2/c1-22-17-14(21)12(3-7-23-17)15-13-16(26-25-15)24-19(27(2)18(13)29)28-8-4-20(5-9-28)6-10-30-11-20/h3,7H,4-6,8-11H2,1-2H3,(H,22,23)(H,25,26). The molecule has 2 saturated heterocycles. The van der Waals surface area contributed by atoms with E-state index in [1.165, 1.54) is 0 Å². The Labute approximate surface area is 178 Å². The summed E-state index contributed by atoms with van der Waals surface area (Å²) < 4.78 is 7.24. The van der Waals surface area contributed by atoms with Crippen molar-refractivity contribution >= 4 is 34.4 Å². The molecule has 30 heavy (non-hydrogen) atoms. The van der Waals surface area contributed by atoms with Crippen LogP contribution in [0.5, 0.6) is 0 Å². The van der Waals surface area contributed by atoms with Gasteiger partial charge in [0, 0.05) is 45.6 Å². The van der Waals surface area contributed by atoms with Gasteiger partial charge >= 0.3 is 0 Å². The number of ether oxygens (including phenoxy) is 1. The summed E-state index contributed by atoms with van der Waals surface area (Å²) in [5.74, 6) is 1.19. The minimum Gasteiger partial charge on any atom is -0.381 e. The predicted molar refractivity (Wildman–Crippen MR) is 116 cm³/mol. The number of aromatic nitrogens is 5. The van der Waals surface area contributed by atoms with Crippen LogP contribution in [0.4, 0.5) is 11.8 Å². The maximum absolute atomic E-state index is 13.3. The van der Waals surface area contributed by atoms with E-state index in [1.54, 1.807) is 30.9 Å². The van der Waals surface area contributed by atoms with Gasteiger partial charge in [-0.15, -0.1) is 0 Å². The van der Waals surface area contributed by atoms with Crippen LogP contribution in [0, 0.1) is 5.41 Å². The van der Waals surface area contributed by atoms with Crippen LogP contribution in [0.2, 0.25) is 5.02 Å². The highest BCUT2D eigenvalue weighted by Gasteiger charge is 2.38. The summed E-state index contributed by atoms with van der Waals surface area (Å²) in [7, 11) is 3.51. The summed E-state index contributed by atoms with van der Waals surface area (Å²) in [6.07, 6.45) is 4.86. The van der Waals surface area contributed by atoms with Crippen molar-refractivity contribution in [2.45, 2.75) is 19.3 Å². The highest BCUT2D eigenvalue weighted by Crippen LogP contribution is 2.40. The molecule has 2 fully saturated rings. The van der Waals surface area contributed by atoms with Gasteiger partial charge in [0.2, 0.25) is 5.95 Å². The first-order valence-electron chi connectivity index (χ1n) is 10.1. The lowest BCUT2D eigenvalue weighted by Gasteiger charge is -2.39. The Bertz CT molecular complexity index is 1160. The second kappa shape index (κ2) is 7.24. The number of anilines is 2. The molecule has 2 aliphatic heterocycles. The van der Waals surface area contributed by atoms with E-state index >= 15 is 0 Å². The van der Waals surface area contributed by atoms with E-state index in [-0.39, 0.29) is 5.56 Å². The van der Waals surface area contributed by atoms with Crippen LogP contribution in [-0.2, 0) is 11.8 Å². The van der Waals surface area contributed by atoms with Crippen molar-refractivity contribution < 1.29 is 4.74 Å². The predicted octanol–water partition coefficient (Wildman–Crippen LogP) is 2.42. The van der Waals surface area contributed by atoms with Crippen molar-refractivity contribution in [1.82, 2.24) is 24.7 Å². The lowest BCUT2D eigenvalue weighted by Crippen LogP contribution is -2.43. The number of aromatic amines is 1. The molecule has 9 nitrogen and oxygen atoms in total. The van der Waals surface area contributed by atoms with Gasteiger partial charge in [0.1, 0.15) is 11.2 Å². The maximum Gasteiger partial charge on any atom is 0.266 e. The van der Waals surface area contributed by atoms with Gasteiger partial charge in [-0.05, 0) is 30.7 Å². The maximum atomic E-state index is 13.3. The van der Waals surface area contributed by atoms with E-state index < -0.39 is 0 Å². The van der Waals surface area contributed by atoms with Gasteiger partial charge in [-0.3, -0.25) is 14.5 Å². The van der Waals surface area contributed by atoms with Gasteiger partial charge in [-0.2, -0.15) is 10.1 Å². The van der Waals surface area contributed by atoms with Gasteiger partial charge < -0.3 is 15.0 Å². The molecule has 0 amide bonds. The van der Waals surface area contributed by atoms with Crippen LogP contribution >= 0.6 is 11.6 Å². The zero-order chi connectivity index (χ0) is 20.9.